The highest BCUT2D eigenvalue weighted by molar-refractivity contribution is 5.99. The number of carbonyl (C=O) groups is 12. The second kappa shape index (κ2) is 35.2. The highest BCUT2D eigenvalue weighted by Gasteiger charge is 2.43. The lowest BCUT2D eigenvalue weighted by atomic mass is 9.95. The van der Waals surface area contributed by atoms with E-state index in [9.17, 15) is 57.8 Å². The van der Waals surface area contributed by atoms with Crippen LogP contribution in [-0.4, -0.2) is 263 Å². The first-order valence-electron chi connectivity index (χ1n) is 32.2. The van der Waals surface area contributed by atoms with Crippen LogP contribution in [0.1, 0.15) is 118 Å². The van der Waals surface area contributed by atoms with Crippen molar-refractivity contribution in [3.63, 3.8) is 0 Å². The topological polar surface area (TPSA) is 290 Å². The molecule has 2 fully saturated rings. The number of likely N-dealkylation sites (N-methyl/N-ethyl adjacent to an activating group) is 7. The van der Waals surface area contributed by atoms with Crippen LogP contribution in [0.3, 0.4) is 0 Å². The average Bonchev–Trinajstić information content (AvgIpc) is 0.853. The summed E-state index contributed by atoms with van der Waals surface area (Å²) in [6.45, 7) is 14.9. The van der Waals surface area contributed by atoms with Gasteiger partial charge < -0.3 is 65.2 Å². The fourth-order valence-corrected chi connectivity index (χ4v) is 11.6. The molecule has 0 saturated carbocycles. The van der Waals surface area contributed by atoms with Crippen molar-refractivity contribution in [2.24, 2.45) is 17.8 Å². The van der Waals surface area contributed by atoms with Crippen molar-refractivity contribution in [2.45, 2.75) is 181 Å². The summed E-state index contributed by atoms with van der Waals surface area (Å²) in [5, 5.41) is 19.4. The normalized spacial score (nSPS) is 25.8. The van der Waals surface area contributed by atoms with Crippen molar-refractivity contribution in [3.05, 3.63) is 71.8 Å². The number of amides is 12. The van der Waals surface area contributed by atoms with Gasteiger partial charge in [0.2, 0.25) is 70.9 Å². The van der Waals surface area contributed by atoms with Gasteiger partial charge in [-0.3, -0.25) is 57.5 Å². The standard InChI is InChI=1S/C67H104N12O13/c1-18-43(6)56-60(85)68-49(64(89)79-33-26-21-27-34-79)39-54(82)71(10)35-32-53(81)78(17)58(42(4)5)61(86)70-57(46(9)80)67(92)74(13)45(8)63(88)77(16)52(38-48-30-24-20-25-31-48)65(90)73(12)44(7)62(87)72(11)40-55(83)75(14)51(37-47-28-22-19-23-29-47)66(91)76(15)50(36-41(2)3)59(84)69-56/h19-20,22-25,28-31,41-46,49-52,56-58,80H,18,21,26-27,32-40H2,1-17H3,(H,68,85)(H,69,84)(H,70,86)/t43-,44-,45-,46+,49-,50-,51-,52-,56-,57-,58-/m0/s1. The Hall–Kier alpha value is -7.96. The number of aliphatic hydroxyl groups is 1. The van der Waals surface area contributed by atoms with Crippen LogP contribution >= 0.6 is 0 Å². The third-order valence-electron chi connectivity index (χ3n) is 18.2. The number of nitrogens with zero attached hydrogens (tertiary/aromatic N) is 9. The van der Waals surface area contributed by atoms with E-state index < -0.39 is 156 Å². The fraction of sp³-hybridized carbons (Fsp3) is 0.642. The summed E-state index contributed by atoms with van der Waals surface area (Å²) in [6, 6.07) is 6.01. The van der Waals surface area contributed by atoms with Crippen molar-refractivity contribution in [1.82, 2.24) is 60.0 Å². The molecule has 4 N–H and O–H groups in total. The molecule has 0 radical (unpaired) electrons. The van der Waals surface area contributed by atoms with Crippen LogP contribution < -0.4 is 16.0 Å². The molecule has 2 aromatic rings. The van der Waals surface area contributed by atoms with Crippen LogP contribution in [0.2, 0.25) is 0 Å². The van der Waals surface area contributed by atoms with Crippen molar-refractivity contribution in [2.75, 3.05) is 82.6 Å². The molecular formula is C67H104N12O13. The maximum atomic E-state index is 15.2. The Morgan fingerprint density at radius 2 is 1.00 bits per heavy atom. The molecule has 2 aromatic carbocycles. The number of likely N-dealkylation sites (tertiary alicyclic amines) is 1. The number of hydrogen-bond donors (Lipinski definition) is 4. The zero-order valence-electron chi connectivity index (χ0n) is 57.3. The molecule has 92 heavy (non-hydrogen) atoms. The fourth-order valence-electron chi connectivity index (χ4n) is 11.6. The molecule has 11 atom stereocenters. The highest BCUT2D eigenvalue weighted by atomic mass is 16.3. The van der Waals surface area contributed by atoms with Gasteiger partial charge in [-0.15, -0.1) is 0 Å². The third-order valence-corrected chi connectivity index (χ3v) is 18.2. The Balaban J connectivity index is 1.85. The lowest BCUT2D eigenvalue weighted by Gasteiger charge is -2.38. The van der Waals surface area contributed by atoms with E-state index in [1.165, 1.54) is 107 Å². The van der Waals surface area contributed by atoms with Gasteiger partial charge >= 0.3 is 0 Å². The van der Waals surface area contributed by atoms with Gasteiger partial charge in [0.1, 0.15) is 54.4 Å². The summed E-state index contributed by atoms with van der Waals surface area (Å²) in [5.74, 6) is -9.39. The Morgan fingerprint density at radius 1 is 0.511 bits per heavy atom. The van der Waals surface area contributed by atoms with E-state index in [-0.39, 0.29) is 38.1 Å². The minimum absolute atomic E-state index is 0.00686. The summed E-state index contributed by atoms with van der Waals surface area (Å²) in [4.78, 5) is 186. The zero-order chi connectivity index (χ0) is 69.2. The lowest BCUT2D eigenvalue weighted by Crippen LogP contribution is -2.61. The maximum Gasteiger partial charge on any atom is 0.248 e. The number of piperidine rings is 1. The first kappa shape index (κ1) is 76.5. The Kier molecular flexibility index (Phi) is 29.3. The van der Waals surface area contributed by atoms with Gasteiger partial charge in [0.25, 0.3) is 0 Å². The predicted octanol–water partition coefficient (Wildman–Crippen LogP) is 1.78. The van der Waals surface area contributed by atoms with Gasteiger partial charge in [0, 0.05) is 95.3 Å². The minimum atomic E-state index is -1.63. The maximum absolute atomic E-state index is 15.2. The molecule has 2 aliphatic rings. The number of hydrogen-bond acceptors (Lipinski definition) is 13. The van der Waals surface area contributed by atoms with Crippen molar-refractivity contribution >= 4 is 70.9 Å². The molecule has 0 aromatic heterocycles. The summed E-state index contributed by atoms with van der Waals surface area (Å²) in [6.07, 6.45) is 0.421. The monoisotopic (exact) mass is 1280 g/mol. The number of aliphatic hydroxyl groups excluding tert-OH is 1. The van der Waals surface area contributed by atoms with Gasteiger partial charge in [-0.25, -0.2) is 0 Å². The van der Waals surface area contributed by atoms with Crippen LogP contribution in [0.15, 0.2) is 60.7 Å². The Bertz CT molecular complexity index is 2890. The van der Waals surface area contributed by atoms with Crippen molar-refractivity contribution in [1.29, 1.82) is 0 Å². The first-order valence-corrected chi connectivity index (χ1v) is 32.2. The number of rotatable bonds is 11. The minimum Gasteiger partial charge on any atom is -0.391 e. The van der Waals surface area contributed by atoms with Crippen LogP contribution in [0.4, 0.5) is 0 Å². The van der Waals surface area contributed by atoms with E-state index in [1.54, 1.807) is 86.3 Å². The molecular weight excluding hydrogens is 1180 g/mol. The third kappa shape index (κ3) is 20.3. The Labute approximate surface area is 544 Å². The second-order valence-electron chi connectivity index (χ2n) is 25.9. The summed E-state index contributed by atoms with van der Waals surface area (Å²) in [7, 11) is 11.2. The molecule has 2 heterocycles. The van der Waals surface area contributed by atoms with Gasteiger partial charge in [-0.1, -0.05) is 109 Å². The number of nitrogens with one attached hydrogen (secondary N) is 3. The van der Waals surface area contributed by atoms with Gasteiger partial charge in [0.15, 0.2) is 0 Å². The highest BCUT2D eigenvalue weighted by Crippen LogP contribution is 2.22. The summed E-state index contributed by atoms with van der Waals surface area (Å²) < 4.78 is 0. The molecule has 0 aliphatic carbocycles. The molecule has 12 amide bonds. The Morgan fingerprint density at radius 3 is 1.51 bits per heavy atom. The van der Waals surface area contributed by atoms with E-state index in [0.717, 1.165) is 16.2 Å². The van der Waals surface area contributed by atoms with E-state index >= 15 is 4.79 Å². The van der Waals surface area contributed by atoms with Crippen molar-refractivity contribution in [3.8, 4) is 0 Å². The molecule has 0 unspecified atom stereocenters. The number of carbonyl (C=O) groups excluding carboxylic acids is 12. The molecule has 2 saturated heterocycles. The lowest BCUT2D eigenvalue weighted by molar-refractivity contribution is -0.154. The van der Waals surface area contributed by atoms with E-state index in [1.807, 2.05) is 20.8 Å². The summed E-state index contributed by atoms with van der Waals surface area (Å²) >= 11 is 0. The largest absolute Gasteiger partial charge is 0.391 e. The van der Waals surface area contributed by atoms with E-state index in [0.29, 0.717) is 43.5 Å². The first-order chi connectivity index (χ1) is 43.2. The van der Waals surface area contributed by atoms with Gasteiger partial charge in [0.05, 0.1) is 19.1 Å². The van der Waals surface area contributed by atoms with E-state index in [2.05, 4.69) is 16.0 Å². The van der Waals surface area contributed by atoms with Crippen LogP contribution in [-0.2, 0) is 70.4 Å². The smallest absolute Gasteiger partial charge is 0.248 e. The van der Waals surface area contributed by atoms with Crippen molar-refractivity contribution < 1.29 is 62.6 Å². The molecule has 2 aliphatic heterocycles. The molecule has 0 bridgehead atoms. The number of benzene rings is 2. The van der Waals surface area contributed by atoms with Gasteiger partial charge in [-0.05, 0) is 75.3 Å². The molecule has 4 rings (SSSR count). The quantitative estimate of drug-likeness (QED) is 0.250. The van der Waals surface area contributed by atoms with Crippen LogP contribution in [0.5, 0.6) is 0 Å². The zero-order valence-corrected chi connectivity index (χ0v) is 57.3. The molecule has 510 valence electrons. The SMILES string of the molecule is CC[C@H](C)[C@@H]1NC(=O)[C@H](CC(C)C)N(C)C(=O)[C@H](Cc2ccccc2)N(C)C(=O)CN(C)C(=O)[C@H](C)N(C)C(=O)[C@H](Cc2ccccc2)N(C)C(=O)[C@H](C)N(C)C(=O)[C@H]([C@@H](C)O)NC(=O)[C@H](C(C)C)N(C)C(=O)CCN(C)C(=O)C[C@@H](C(=O)N2CCCCC2)NC1=O. The summed E-state index contributed by atoms with van der Waals surface area (Å²) in [5.41, 5.74) is 1.34. The van der Waals surface area contributed by atoms with E-state index in [4.69, 9.17) is 0 Å². The second-order valence-corrected chi connectivity index (χ2v) is 25.9. The van der Waals surface area contributed by atoms with Gasteiger partial charge in [-0.2, -0.15) is 0 Å². The van der Waals surface area contributed by atoms with Crippen LogP contribution in [0, 0.1) is 17.8 Å². The van der Waals surface area contributed by atoms with Crippen LogP contribution in [0.25, 0.3) is 0 Å². The molecule has 25 heteroatoms. The molecule has 0 spiro atoms. The molecule has 25 nitrogen and oxygen atoms in total. The predicted molar refractivity (Wildman–Crippen MR) is 347 cm³/mol. The average molecular weight is 1290 g/mol.